The maximum absolute atomic E-state index is 12.4. The van der Waals surface area contributed by atoms with Crippen molar-refractivity contribution in [1.82, 2.24) is 5.32 Å². The summed E-state index contributed by atoms with van der Waals surface area (Å²) in [6, 6.07) is 13.3. The van der Waals surface area contributed by atoms with Gasteiger partial charge in [0.2, 0.25) is 15.9 Å². The predicted molar refractivity (Wildman–Crippen MR) is 119 cm³/mol. The first kappa shape index (κ1) is 22.2. The van der Waals surface area contributed by atoms with E-state index in [4.69, 9.17) is 4.74 Å². The minimum absolute atomic E-state index is 0.0800. The van der Waals surface area contributed by atoms with Crippen molar-refractivity contribution in [1.29, 1.82) is 0 Å². The third kappa shape index (κ3) is 5.33. The lowest BCUT2D eigenvalue weighted by Gasteiger charge is -2.24. The minimum atomic E-state index is -3.50. The zero-order chi connectivity index (χ0) is 21.7. The van der Waals surface area contributed by atoms with E-state index in [0.717, 1.165) is 24.7 Å². The number of methoxy groups -OCH3 is 1. The molecule has 2 aromatic rings. The number of carbonyl (C=O) groups excluding carboxylic acids is 1. The van der Waals surface area contributed by atoms with Crippen LogP contribution in [0.1, 0.15) is 48.9 Å². The van der Waals surface area contributed by atoms with Gasteiger partial charge in [-0.25, -0.2) is 8.42 Å². The number of fused-ring (bicyclic) bond motifs is 1. The second kappa shape index (κ2) is 9.51. The van der Waals surface area contributed by atoms with Gasteiger partial charge < -0.3 is 10.1 Å². The van der Waals surface area contributed by atoms with E-state index in [1.54, 1.807) is 24.3 Å². The summed E-state index contributed by atoms with van der Waals surface area (Å²) in [6.45, 7) is 2.19. The summed E-state index contributed by atoms with van der Waals surface area (Å²) < 4.78 is 31.2. The van der Waals surface area contributed by atoms with Crippen molar-refractivity contribution in [3.63, 3.8) is 0 Å². The highest BCUT2D eigenvalue weighted by molar-refractivity contribution is 7.92. The highest BCUT2D eigenvalue weighted by Gasteiger charge is 2.21. The first-order valence-corrected chi connectivity index (χ1v) is 12.2. The van der Waals surface area contributed by atoms with E-state index >= 15 is 0 Å². The third-order valence-corrected chi connectivity index (χ3v) is 6.70. The standard InChI is InChI=1S/C23H30N2O4S/c1-17(19-14-13-18-8-6-9-20(18)16-19)24-23(26)12-7-15-25(30(3,27)28)21-10-4-5-11-22(21)29-2/h4-5,10-11,13-14,16-17H,6-9,12,15H2,1-3H3,(H,24,26). The van der Waals surface area contributed by atoms with Gasteiger partial charge in [-0.15, -0.1) is 0 Å². The number of hydrogen-bond donors (Lipinski definition) is 1. The second-order valence-corrected chi connectivity index (χ2v) is 9.69. The van der Waals surface area contributed by atoms with Crippen molar-refractivity contribution >= 4 is 21.6 Å². The highest BCUT2D eigenvalue weighted by Crippen LogP contribution is 2.30. The molecule has 1 unspecified atom stereocenters. The van der Waals surface area contributed by atoms with Gasteiger partial charge in [0.25, 0.3) is 0 Å². The molecular weight excluding hydrogens is 400 g/mol. The highest BCUT2D eigenvalue weighted by atomic mass is 32.2. The topological polar surface area (TPSA) is 75.7 Å². The molecule has 0 aromatic heterocycles. The average molecular weight is 431 g/mol. The number of nitrogens with one attached hydrogen (secondary N) is 1. The Hall–Kier alpha value is -2.54. The summed E-state index contributed by atoms with van der Waals surface area (Å²) in [4.78, 5) is 12.4. The monoisotopic (exact) mass is 430 g/mol. The number of carbonyl (C=O) groups is 1. The van der Waals surface area contributed by atoms with Gasteiger partial charge in [-0.2, -0.15) is 0 Å². The Labute approximate surface area is 179 Å². The van der Waals surface area contributed by atoms with Gasteiger partial charge in [-0.05, 0) is 61.4 Å². The SMILES string of the molecule is COc1ccccc1N(CCCC(=O)NC(C)c1ccc2c(c1)CCC2)S(C)(=O)=O. The zero-order valence-corrected chi connectivity index (χ0v) is 18.7. The molecule has 30 heavy (non-hydrogen) atoms. The maximum Gasteiger partial charge on any atom is 0.232 e. The molecular formula is C23H30N2O4S. The van der Waals surface area contributed by atoms with Crippen molar-refractivity contribution in [2.75, 3.05) is 24.2 Å². The Morgan fingerprint density at radius 3 is 2.63 bits per heavy atom. The number of benzene rings is 2. The lowest BCUT2D eigenvalue weighted by atomic mass is 10.0. The number of para-hydroxylation sites is 2. The van der Waals surface area contributed by atoms with Gasteiger partial charge in [0, 0.05) is 13.0 Å². The van der Waals surface area contributed by atoms with Gasteiger partial charge in [-0.3, -0.25) is 9.10 Å². The molecule has 1 N–H and O–H groups in total. The average Bonchev–Trinajstić information content (AvgIpc) is 3.18. The lowest BCUT2D eigenvalue weighted by Crippen LogP contribution is -2.32. The van der Waals surface area contributed by atoms with Crippen molar-refractivity contribution in [2.45, 2.75) is 45.1 Å². The Kier molecular flexibility index (Phi) is 7.02. The van der Waals surface area contributed by atoms with Gasteiger partial charge in [0.05, 0.1) is 25.1 Å². The molecule has 6 nitrogen and oxygen atoms in total. The number of nitrogens with zero attached hydrogens (tertiary/aromatic N) is 1. The van der Waals surface area contributed by atoms with Crippen molar-refractivity contribution < 1.29 is 17.9 Å². The predicted octanol–water partition coefficient (Wildman–Crippen LogP) is 3.61. The molecule has 0 aliphatic heterocycles. The zero-order valence-electron chi connectivity index (χ0n) is 17.8. The molecule has 7 heteroatoms. The Morgan fingerprint density at radius 2 is 1.90 bits per heavy atom. The quantitative estimate of drug-likeness (QED) is 0.659. The summed E-state index contributed by atoms with van der Waals surface area (Å²) in [5.74, 6) is 0.397. The van der Waals surface area contributed by atoms with E-state index in [2.05, 4.69) is 23.5 Å². The summed E-state index contributed by atoms with van der Waals surface area (Å²) >= 11 is 0. The van der Waals surface area contributed by atoms with Crippen molar-refractivity contribution in [3.05, 3.63) is 59.2 Å². The molecule has 0 saturated carbocycles. The van der Waals surface area contributed by atoms with Crippen LogP contribution in [0.15, 0.2) is 42.5 Å². The van der Waals surface area contributed by atoms with Crippen LogP contribution in [-0.2, 0) is 27.7 Å². The van der Waals surface area contributed by atoms with Gasteiger partial charge in [0.15, 0.2) is 0 Å². The number of hydrogen-bond acceptors (Lipinski definition) is 4. The molecule has 0 bridgehead atoms. The van der Waals surface area contributed by atoms with Gasteiger partial charge in [0.1, 0.15) is 5.75 Å². The van der Waals surface area contributed by atoms with E-state index in [1.807, 2.05) is 6.92 Å². The van der Waals surface area contributed by atoms with Crippen LogP contribution in [0.25, 0.3) is 0 Å². The number of aryl methyl sites for hydroxylation is 2. The van der Waals surface area contributed by atoms with Gasteiger partial charge in [-0.1, -0.05) is 30.3 Å². The Morgan fingerprint density at radius 1 is 1.17 bits per heavy atom. The molecule has 2 aromatic carbocycles. The smallest absolute Gasteiger partial charge is 0.232 e. The normalized spacial score (nSPS) is 14.1. The van der Waals surface area contributed by atoms with Crippen LogP contribution in [-0.4, -0.2) is 34.2 Å². The number of sulfonamides is 1. The first-order chi connectivity index (χ1) is 14.3. The Balaban J connectivity index is 1.58. The number of ether oxygens (including phenoxy) is 1. The molecule has 1 atom stereocenters. The fourth-order valence-corrected chi connectivity index (χ4v) is 4.91. The molecule has 0 heterocycles. The molecule has 1 aliphatic carbocycles. The molecule has 1 amide bonds. The molecule has 0 radical (unpaired) electrons. The second-order valence-electron chi connectivity index (χ2n) is 7.78. The summed E-state index contributed by atoms with van der Waals surface area (Å²) in [5.41, 5.74) is 4.38. The number of amides is 1. The lowest BCUT2D eigenvalue weighted by molar-refractivity contribution is -0.121. The van der Waals surface area contributed by atoms with Gasteiger partial charge >= 0.3 is 0 Å². The van der Waals surface area contributed by atoms with Crippen molar-refractivity contribution in [2.24, 2.45) is 0 Å². The number of rotatable bonds is 9. The van der Waals surface area contributed by atoms with E-state index in [9.17, 15) is 13.2 Å². The van der Waals surface area contributed by atoms with Crippen LogP contribution >= 0.6 is 0 Å². The molecule has 0 fully saturated rings. The third-order valence-electron chi connectivity index (χ3n) is 5.52. The fourth-order valence-electron chi connectivity index (χ4n) is 3.94. The van der Waals surface area contributed by atoms with E-state index in [0.29, 0.717) is 17.9 Å². The molecule has 0 spiro atoms. The van der Waals surface area contributed by atoms with E-state index in [-0.39, 0.29) is 24.9 Å². The largest absolute Gasteiger partial charge is 0.495 e. The first-order valence-electron chi connectivity index (χ1n) is 10.3. The molecule has 0 saturated heterocycles. The maximum atomic E-state index is 12.4. The van der Waals surface area contributed by atoms with Crippen LogP contribution in [0.3, 0.4) is 0 Å². The molecule has 162 valence electrons. The van der Waals surface area contributed by atoms with E-state index < -0.39 is 10.0 Å². The summed E-state index contributed by atoms with van der Waals surface area (Å²) in [7, 11) is -1.99. The minimum Gasteiger partial charge on any atom is -0.495 e. The van der Waals surface area contributed by atoms with Crippen LogP contribution in [0, 0.1) is 0 Å². The molecule has 3 rings (SSSR count). The number of anilines is 1. The van der Waals surface area contributed by atoms with Crippen LogP contribution < -0.4 is 14.4 Å². The summed E-state index contributed by atoms with van der Waals surface area (Å²) in [5, 5.41) is 3.03. The fraction of sp³-hybridized carbons (Fsp3) is 0.435. The summed E-state index contributed by atoms with van der Waals surface area (Å²) in [6.07, 6.45) is 5.26. The van der Waals surface area contributed by atoms with Crippen molar-refractivity contribution in [3.8, 4) is 5.75 Å². The van der Waals surface area contributed by atoms with E-state index in [1.165, 1.54) is 29.0 Å². The van der Waals surface area contributed by atoms with Crippen LogP contribution in [0.4, 0.5) is 5.69 Å². The Bertz CT molecular complexity index is 1000. The van der Waals surface area contributed by atoms with Crippen LogP contribution in [0.2, 0.25) is 0 Å². The van der Waals surface area contributed by atoms with Crippen LogP contribution in [0.5, 0.6) is 5.75 Å². The molecule has 1 aliphatic rings.